The van der Waals surface area contributed by atoms with Gasteiger partial charge in [-0.1, -0.05) is 28.1 Å². The molecule has 0 saturated carbocycles. The molecule has 0 heterocycles. The van der Waals surface area contributed by atoms with Crippen LogP contribution in [0.2, 0.25) is 0 Å². The SMILES string of the molecule is C=CC(Br)C=CC=O. The zero-order valence-corrected chi connectivity index (χ0v) is 5.97. The van der Waals surface area contributed by atoms with Crippen molar-refractivity contribution >= 4 is 22.2 Å². The Morgan fingerprint density at radius 2 is 2.25 bits per heavy atom. The lowest BCUT2D eigenvalue weighted by Gasteiger charge is -1.87. The Labute approximate surface area is 57.2 Å². The summed E-state index contributed by atoms with van der Waals surface area (Å²) in [6.45, 7) is 3.50. The highest BCUT2D eigenvalue weighted by Gasteiger charge is 1.85. The number of carbonyl (C=O) groups is 1. The molecule has 0 amide bonds. The maximum absolute atomic E-state index is 9.68. The van der Waals surface area contributed by atoms with Crippen molar-refractivity contribution in [1.29, 1.82) is 0 Å². The second-order valence-electron chi connectivity index (χ2n) is 1.20. The predicted octanol–water partition coefficient (Wildman–Crippen LogP) is 1.69. The largest absolute Gasteiger partial charge is 0.299 e. The van der Waals surface area contributed by atoms with Crippen molar-refractivity contribution in [3.63, 3.8) is 0 Å². The van der Waals surface area contributed by atoms with Crippen molar-refractivity contribution in [2.45, 2.75) is 4.83 Å². The molecule has 1 nitrogen and oxygen atoms in total. The molecule has 0 bridgehead atoms. The number of hydrogen-bond donors (Lipinski definition) is 0. The Kier molecular flexibility index (Phi) is 4.56. The van der Waals surface area contributed by atoms with Gasteiger partial charge < -0.3 is 0 Å². The van der Waals surface area contributed by atoms with Crippen LogP contribution in [0.15, 0.2) is 24.8 Å². The Morgan fingerprint density at radius 3 is 2.62 bits per heavy atom. The summed E-state index contributed by atoms with van der Waals surface area (Å²) in [7, 11) is 0. The monoisotopic (exact) mass is 174 g/mol. The van der Waals surface area contributed by atoms with Gasteiger partial charge in [-0.2, -0.15) is 0 Å². The summed E-state index contributed by atoms with van der Waals surface area (Å²) in [6.07, 6.45) is 5.57. The molecule has 0 saturated heterocycles. The van der Waals surface area contributed by atoms with E-state index in [2.05, 4.69) is 22.5 Å². The molecule has 0 N–H and O–H groups in total. The lowest BCUT2D eigenvalue weighted by molar-refractivity contribution is -0.104. The van der Waals surface area contributed by atoms with E-state index in [0.29, 0.717) is 0 Å². The van der Waals surface area contributed by atoms with E-state index in [9.17, 15) is 4.79 Å². The first-order valence-electron chi connectivity index (χ1n) is 2.20. The number of aldehydes is 1. The van der Waals surface area contributed by atoms with Crippen molar-refractivity contribution in [3.05, 3.63) is 24.8 Å². The van der Waals surface area contributed by atoms with Crippen molar-refractivity contribution in [1.82, 2.24) is 0 Å². The topological polar surface area (TPSA) is 17.1 Å². The lowest BCUT2D eigenvalue weighted by atomic mass is 10.4. The zero-order valence-electron chi connectivity index (χ0n) is 4.38. The molecule has 44 valence electrons. The van der Waals surface area contributed by atoms with Crippen LogP contribution >= 0.6 is 15.9 Å². The number of rotatable bonds is 3. The third-order valence-corrected chi connectivity index (χ3v) is 1.28. The summed E-state index contributed by atoms with van der Waals surface area (Å²) in [5.41, 5.74) is 0. The van der Waals surface area contributed by atoms with E-state index in [-0.39, 0.29) is 4.83 Å². The van der Waals surface area contributed by atoms with Crippen molar-refractivity contribution in [3.8, 4) is 0 Å². The van der Waals surface area contributed by atoms with Crippen LogP contribution in [0.4, 0.5) is 0 Å². The number of halogens is 1. The molecule has 0 aromatic carbocycles. The highest BCUT2D eigenvalue weighted by atomic mass is 79.9. The van der Waals surface area contributed by atoms with Crippen molar-refractivity contribution < 1.29 is 4.79 Å². The summed E-state index contributed by atoms with van der Waals surface area (Å²) in [5, 5.41) is 0. The minimum atomic E-state index is 0.118. The Morgan fingerprint density at radius 1 is 1.62 bits per heavy atom. The van der Waals surface area contributed by atoms with E-state index < -0.39 is 0 Å². The van der Waals surface area contributed by atoms with Gasteiger partial charge in [-0.25, -0.2) is 0 Å². The first-order valence-corrected chi connectivity index (χ1v) is 3.11. The molecule has 0 aliphatic heterocycles. The molecule has 0 aliphatic rings. The smallest absolute Gasteiger partial charge is 0.142 e. The number of hydrogen-bond acceptors (Lipinski definition) is 1. The third kappa shape index (κ3) is 3.81. The van der Waals surface area contributed by atoms with Crippen LogP contribution < -0.4 is 0 Å². The Bertz CT molecular complexity index is 107. The average Bonchev–Trinajstić information content (AvgIpc) is 1.83. The number of carbonyl (C=O) groups excluding carboxylic acids is 1. The standard InChI is InChI=1S/C6H7BrO/c1-2-6(7)4-3-5-8/h2-6H,1H2. The van der Waals surface area contributed by atoms with Gasteiger partial charge in [-0.05, 0) is 6.08 Å². The number of alkyl halides is 1. The van der Waals surface area contributed by atoms with Gasteiger partial charge in [0.05, 0.1) is 4.83 Å². The normalized spacial score (nSPS) is 13.6. The molecule has 0 rings (SSSR count). The molecular formula is C6H7BrO. The van der Waals surface area contributed by atoms with E-state index in [0.717, 1.165) is 6.29 Å². The summed E-state index contributed by atoms with van der Waals surface area (Å²) in [5.74, 6) is 0. The molecule has 1 atom stereocenters. The number of allylic oxidation sites excluding steroid dienone is 3. The fraction of sp³-hybridized carbons (Fsp3) is 0.167. The van der Waals surface area contributed by atoms with Crippen molar-refractivity contribution in [2.24, 2.45) is 0 Å². The van der Waals surface area contributed by atoms with Gasteiger partial charge in [-0.3, -0.25) is 4.79 Å². The molecule has 0 fully saturated rings. The molecule has 8 heavy (non-hydrogen) atoms. The maximum atomic E-state index is 9.68. The van der Waals surface area contributed by atoms with Gasteiger partial charge in [-0.15, -0.1) is 6.58 Å². The fourth-order valence-electron chi connectivity index (χ4n) is 0.230. The molecule has 0 spiro atoms. The summed E-state index contributed by atoms with van der Waals surface area (Å²) in [4.78, 5) is 9.80. The highest BCUT2D eigenvalue weighted by Crippen LogP contribution is 1.99. The molecule has 0 aromatic heterocycles. The first-order chi connectivity index (χ1) is 3.81. The first kappa shape index (κ1) is 7.63. The van der Waals surface area contributed by atoms with E-state index in [1.165, 1.54) is 6.08 Å². The lowest BCUT2D eigenvalue weighted by Crippen LogP contribution is -1.81. The van der Waals surface area contributed by atoms with E-state index in [1.807, 2.05) is 0 Å². The minimum absolute atomic E-state index is 0.118. The second-order valence-corrected chi connectivity index (χ2v) is 2.26. The van der Waals surface area contributed by atoms with Gasteiger partial charge in [0.15, 0.2) is 0 Å². The second kappa shape index (κ2) is 4.78. The van der Waals surface area contributed by atoms with Crippen LogP contribution in [0, 0.1) is 0 Å². The Hall–Kier alpha value is -0.370. The summed E-state index contributed by atoms with van der Waals surface area (Å²) in [6, 6.07) is 0. The maximum Gasteiger partial charge on any atom is 0.142 e. The van der Waals surface area contributed by atoms with Crippen LogP contribution in [0.1, 0.15) is 0 Å². The van der Waals surface area contributed by atoms with Gasteiger partial charge >= 0.3 is 0 Å². The van der Waals surface area contributed by atoms with Gasteiger partial charge in [0.1, 0.15) is 6.29 Å². The summed E-state index contributed by atoms with van der Waals surface area (Å²) >= 11 is 3.21. The quantitative estimate of drug-likeness (QED) is 0.276. The van der Waals surface area contributed by atoms with Crippen molar-refractivity contribution in [2.75, 3.05) is 0 Å². The van der Waals surface area contributed by atoms with E-state index >= 15 is 0 Å². The average molecular weight is 175 g/mol. The van der Waals surface area contributed by atoms with Gasteiger partial charge in [0.25, 0.3) is 0 Å². The summed E-state index contributed by atoms with van der Waals surface area (Å²) < 4.78 is 0. The van der Waals surface area contributed by atoms with E-state index in [1.54, 1.807) is 12.2 Å². The van der Waals surface area contributed by atoms with E-state index in [4.69, 9.17) is 0 Å². The molecular weight excluding hydrogens is 168 g/mol. The van der Waals surface area contributed by atoms with Crippen LogP contribution in [0.25, 0.3) is 0 Å². The molecule has 0 radical (unpaired) electrons. The highest BCUT2D eigenvalue weighted by molar-refractivity contribution is 9.09. The molecule has 2 heteroatoms. The van der Waals surface area contributed by atoms with Gasteiger partial charge in [0, 0.05) is 0 Å². The predicted molar refractivity (Wildman–Crippen MR) is 38.1 cm³/mol. The fourth-order valence-corrected chi connectivity index (χ4v) is 0.406. The molecule has 0 aliphatic carbocycles. The Balaban J connectivity index is 3.50. The third-order valence-electron chi connectivity index (χ3n) is 0.599. The van der Waals surface area contributed by atoms with Crippen LogP contribution in [0.3, 0.4) is 0 Å². The zero-order chi connectivity index (χ0) is 6.41. The van der Waals surface area contributed by atoms with Crippen LogP contribution in [-0.2, 0) is 4.79 Å². The van der Waals surface area contributed by atoms with Crippen LogP contribution in [0.5, 0.6) is 0 Å². The van der Waals surface area contributed by atoms with Crippen LogP contribution in [-0.4, -0.2) is 11.1 Å². The van der Waals surface area contributed by atoms with Gasteiger partial charge in [0.2, 0.25) is 0 Å². The molecule has 1 unspecified atom stereocenters. The molecule has 0 aromatic rings. The minimum Gasteiger partial charge on any atom is -0.299 e.